The van der Waals surface area contributed by atoms with Gasteiger partial charge in [0.25, 0.3) is 5.91 Å². The van der Waals surface area contributed by atoms with Crippen molar-refractivity contribution >= 4 is 29.3 Å². The van der Waals surface area contributed by atoms with E-state index in [-0.39, 0.29) is 11.3 Å². The van der Waals surface area contributed by atoms with Crippen molar-refractivity contribution in [2.75, 3.05) is 33.2 Å². The zero-order chi connectivity index (χ0) is 23.5. The fourth-order valence-electron chi connectivity index (χ4n) is 3.73. The van der Waals surface area contributed by atoms with E-state index in [1.165, 1.54) is 17.8 Å². The minimum Gasteiger partial charge on any atom is -0.364 e. The van der Waals surface area contributed by atoms with E-state index in [9.17, 15) is 18.0 Å². The number of amides is 1. The van der Waals surface area contributed by atoms with Crippen LogP contribution < -0.4 is 0 Å². The molecule has 0 aromatic carbocycles. The molecule has 1 amide bonds. The maximum atomic E-state index is 13.5. The minimum atomic E-state index is -4.58. The highest BCUT2D eigenvalue weighted by Crippen LogP contribution is 2.43. The number of piperazine rings is 1. The Hall–Kier alpha value is -1.38. The van der Waals surface area contributed by atoms with Gasteiger partial charge in [-0.2, -0.15) is 13.2 Å². The lowest BCUT2D eigenvalue weighted by Gasteiger charge is -2.37. The molecule has 2 atom stereocenters. The highest BCUT2D eigenvalue weighted by atomic mass is 35.5. The SMILES string of the molecule is C=C/C=C(Cl)\C(=C/C(C)C1SC(C(=O)N2CCN(C(C)C)CC2)=C(C)N1C)C(F)(F)F. The minimum absolute atomic E-state index is 0.0444. The molecule has 174 valence electrons. The molecule has 2 aliphatic rings. The Morgan fingerprint density at radius 2 is 1.81 bits per heavy atom. The van der Waals surface area contributed by atoms with Gasteiger partial charge in [0.2, 0.25) is 0 Å². The molecule has 0 aromatic rings. The Kier molecular flexibility index (Phi) is 8.76. The summed E-state index contributed by atoms with van der Waals surface area (Å²) < 4.78 is 40.6. The van der Waals surface area contributed by atoms with Crippen molar-refractivity contribution in [2.24, 2.45) is 5.92 Å². The van der Waals surface area contributed by atoms with Crippen molar-refractivity contribution in [3.05, 3.63) is 46.0 Å². The van der Waals surface area contributed by atoms with Crippen molar-refractivity contribution < 1.29 is 18.0 Å². The van der Waals surface area contributed by atoms with E-state index in [2.05, 4.69) is 25.3 Å². The summed E-state index contributed by atoms with van der Waals surface area (Å²) in [6.07, 6.45) is -1.08. The molecular formula is C22H31ClF3N3OS. The Morgan fingerprint density at radius 3 is 2.29 bits per heavy atom. The van der Waals surface area contributed by atoms with E-state index in [4.69, 9.17) is 11.6 Å². The van der Waals surface area contributed by atoms with Crippen molar-refractivity contribution in [3.63, 3.8) is 0 Å². The third kappa shape index (κ3) is 6.11. The van der Waals surface area contributed by atoms with Crippen LogP contribution in [0.1, 0.15) is 27.7 Å². The number of alkyl halides is 3. The van der Waals surface area contributed by atoms with Crippen molar-refractivity contribution in [3.8, 4) is 0 Å². The Bertz CT molecular complexity index is 783. The van der Waals surface area contributed by atoms with Gasteiger partial charge in [-0.15, -0.1) is 0 Å². The lowest BCUT2D eigenvalue weighted by Crippen LogP contribution is -2.50. The number of carbonyl (C=O) groups is 1. The van der Waals surface area contributed by atoms with Gasteiger partial charge in [-0.1, -0.05) is 49.0 Å². The van der Waals surface area contributed by atoms with Gasteiger partial charge >= 0.3 is 6.18 Å². The van der Waals surface area contributed by atoms with Crippen LogP contribution in [0.15, 0.2) is 46.0 Å². The van der Waals surface area contributed by atoms with Crippen LogP contribution >= 0.6 is 23.4 Å². The molecular weight excluding hydrogens is 447 g/mol. The summed E-state index contributed by atoms with van der Waals surface area (Å²) in [5.74, 6) is -0.548. The molecule has 0 N–H and O–H groups in total. The number of nitrogens with zero attached hydrogens (tertiary/aromatic N) is 3. The standard InChI is InChI=1S/C22H31ClF3N3OS/c1-7-8-18(23)17(22(24,25)26)13-15(4)21-27(6)16(5)19(31-21)20(30)29-11-9-28(10-12-29)14(2)3/h7-8,13-15,21H,1,9-12H2,2-6H3/b17-13+,18-8+. The van der Waals surface area contributed by atoms with Gasteiger partial charge in [-0.05, 0) is 26.8 Å². The summed E-state index contributed by atoms with van der Waals surface area (Å²) in [4.78, 5) is 19.8. The Balaban J connectivity index is 2.17. The maximum Gasteiger partial charge on any atom is 0.417 e. The van der Waals surface area contributed by atoms with Crippen LogP contribution in [0.2, 0.25) is 0 Å². The first kappa shape index (κ1) is 25.9. The molecule has 2 heterocycles. The smallest absolute Gasteiger partial charge is 0.364 e. The van der Waals surface area contributed by atoms with Gasteiger partial charge in [-0.3, -0.25) is 9.69 Å². The lowest BCUT2D eigenvalue weighted by atomic mass is 10.1. The van der Waals surface area contributed by atoms with Gasteiger partial charge in [0.1, 0.15) is 0 Å². The molecule has 0 saturated carbocycles. The first-order chi connectivity index (χ1) is 14.4. The van der Waals surface area contributed by atoms with Gasteiger partial charge in [-0.25, -0.2) is 0 Å². The van der Waals surface area contributed by atoms with Crippen LogP contribution in [-0.2, 0) is 4.79 Å². The zero-order valence-corrected chi connectivity index (χ0v) is 20.2. The second-order valence-electron chi connectivity index (χ2n) is 8.14. The van der Waals surface area contributed by atoms with Gasteiger partial charge in [0, 0.05) is 50.9 Å². The fraction of sp³-hybridized carbons (Fsp3) is 0.591. The number of allylic oxidation sites excluding steroid dienone is 5. The average Bonchev–Trinajstić information content (AvgIpc) is 2.99. The molecule has 0 bridgehead atoms. The van der Waals surface area contributed by atoms with E-state index in [0.29, 0.717) is 24.0 Å². The molecule has 2 unspecified atom stereocenters. The predicted octanol–water partition coefficient (Wildman–Crippen LogP) is 5.21. The summed E-state index contributed by atoms with van der Waals surface area (Å²) in [6, 6.07) is 0.437. The topological polar surface area (TPSA) is 26.8 Å². The number of thioether (sulfide) groups is 1. The van der Waals surface area contributed by atoms with Crippen molar-refractivity contribution in [2.45, 2.75) is 45.3 Å². The molecule has 0 aromatic heterocycles. The van der Waals surface area contributed by atoms with Crippen molar-refractivity contribution in [1.82, 2.24) is 14.7 Å². The van der Waals surface area contributed by atoms with Crippen molar-refractivity contribution in [1.29, 1.82) is 0 Å². The molecule has 0 aliphatic carbocycles. The number of halogens is 4. The first-order valence-electron chi connectivity index (χ1n) is 10.3. The average molecular weight is 478 g/mol. The maximum absolute atomic E-state index is 13.5. The zero-order valence-electron chi connectivity index (χ0n) is 18.7. The summed E-state index contributed by atoms with van der Waals surface area (Å²) in [6.45, 7) is 14.2. The Labute approximate surface area is 192 Å². The normalized spacial score (nSPS) is 23.1. The Morgan fingerprint density at radius 1 is 1.23 bits per heavy atom. The first-order valence-corrected chi connectivity index (χ1v) is 11.6. The molecule has 1 fully saturated rings. The lowest BCUT2D eigenvalue weighted by molar-refractivity contribution is -0.128. The van der Waals surface area contributed by atoms with Crippen LogP contribution in [-0.4, -0.2) is 71.4 Å². The molecule has 2 rings (SSSR count). The van der Waals surface area contributed by atoms with E-state index < -0.39 is 22.7 Å². The molecule has 9 heteroatoms. The molecule has 0 radical (unpaired) electrons. The van der Waals surface area contributed by atoms with Crippen LogP contribution in [0.5, 0.6) is 0 Å². The second kappa shape index (κ2) is 10.5. The monoisotopic (exact) mass is 477 g/mol. The summed E-state index contributed by atoms with van der Waals surface area (Å²) in [7, 11) is 1.81. The number of hydrogen-bond acceptors (Lipinski definition) is 4. The molecule has 1 saturated heterocycles. The fourth-order valence-corrected chi connectivity index (χ4v) is 5.39. The third-order valence-corrected chi connectivity index (χ3v) is 7.73. The van der Waals surface area contributed by atoms with E-state index >= 15 is 0 Å². The van der Waals surface area contributed by atoms with E-state index in [0.717, 1.165) is 30.9 Å². The van der Waals surface area contributed by atoms with Gasteiger partial charge < -0.3 is 9.80 Å². The second-order valence-corrected chi connectivity index (χ2v) is 9.68. The summed E-state index contributed by atoms with van der Waals surface area (Å²) in [5.41, 5.74) is -0.106. The number of carbonyl (C=O) groups excluding carboxylic acids is 1. The molecule has 2 aliphatic heterocycles. The third-order valence-electron chi connectivity index (χ3n) is 5.71. The quantitative estimate of drug-likeness (QED) is 0.491. The highest BCUT2D eigenvalue weighted by Gasteiger charge is 2.40. The summed E-state index contributed by atoms with van der Waals surface area (Å²) in [5, 5.41) is -0.731. The summed E-state index contributed by atoms with van der Waals surface area (Å²) >= 11 is 7.20. The number of rotatable bonds is 6. The van der Waals surface area contributed by atoms with E-state index in [1.54, 1.807) is 6.92 Å². The highest BCUT2D eigenvalue weighted by molar-refractivity contribution is 8.04. The molecule has 31 heavy (non-hydrogen) atoms. The van der Waals surface area contributed by atoms with Crippen LogP contribution in [0.4, 0.5) is 13.2 Å². The van der Waals surface area contributed by atoms with Crippen LogP contribution in [0.25, 0.3) is 0 Å². The van der Waals surface area contributed by atoms with E-state index in [1.807, 2.05) is 23.8 Å². The van der Waals surface area contributed by atoms with Crippen LogP contribution in [0.3, 0.4) is 0 Å². The predicted molar refractivity (Wildman–Crippen MR) is 123 cm³/mol. The largest absolute Gasteiger partial charge is 0.417 e. The number of hydrogen-bond donors (Lipinski definition) is 0. The molecule has 4 nitrogen and oxygen atoms in total. The van der Waals surface area contributed by atoms with Gasteiger partial charge in [0.05, 0.1) is 20.9 Å². The molecule has 0 spiro atoms. The van der Waals surface area contributed by atoms with Gasteiger partial charge in [0.15, 0.2) is 0 Å². The van der Waals surface area contributed by atoms with Crippen LogP contribution in [0, 0.1) is 5.92 Å².